The van der Waals surface area contributed by atoms with E-state index in [1.165, 1.54) is 0 Å². The Labute approximate surface area is 107 Å². The lowest BCUT2D eigenvalue weighted by molar-refractivity contribution is 0.317. The fourth-order valence-electron chi connectivity index (χ4n) is 1.65. The van der Waals surface area contributed by atoms with Gasteiger partial charge in [0.15, 0.2) is 5.76 Å². The molecule has 0 saturated carbocycles. The van der Waals surface area contributed by atoms with E-state index in [2.05, 4.69) is 12.1 Å². The largest absolute Gasteiger partial charge is 0.494 e. The van der Waals surface area contributed by atoms with Gasteiger partial charge in [0.2, 0.25) is 0 Å². The summed E-state index contributed by atoms with van der Waals surface area (Å²) in [6.07, 6.45) is 1.74. The highest BCUT2D eigenvalue weighted by atomic mass is 16.5. The van der Waals surface area contributed by atoms with Crippen LogP contribution < -0.4 is 10.5 Å². The average molecular weight is 246 g/mol. The zero-order valence-corrected chi connectivity index (χ0v) is 10.6. The van der Waals surface area contributed by atoms with Crippen LogP contribution >= 0.6 is 0 Å². The summed E-state index contributed by atoms with van der Waals surface area (Å²) in [5, 5.41) is 3.97. The Balaban J connectivity index is 2.07. The van der Waals surface area contributed by atoms with Crippen LogP contribution in [0.25, 0.3) is 11.3 Å². The van der Waals surface area contributed by atoms with E-state index in [1.54, 1.807) is 0 Å². The van der Waals surface area contributed by atoms with Crippen molar-refractivity contribution in [2.24, 2.45) is 5.73 Å². The van der Waals surface area contributed by atoms with Crippen molar-refractivity contribution in [2.45, 2.75) is 19.8 Å². The molecule has 2 N–H and O–H groups in total. The fourth-order valence-corrected chi connectivity index (χ4v) is 1.65. The first-order valence-corrected chi connectivity index (χ1v) is 6.22. The highest BCUT2D eigenvalue weighted by Gasteiger charge is 2.06. The third-order valence-corrected chi connectivity index (χ3v) is 2.57. The topological polar surface area (TPSA) is 61.3 Å². The monoisotopic (exact) mass is 246 g/mol. The van der Waals surface area contributed by atoms with Gasteiger partial charge in [-0.05, 0) is 37.2 Å². The standard InChI is InChI=1S/C14H18N2O2/c1-2-9-17-13-5-3-11(4-6-13)14-10-12(7-8-15)16-18-14/h3-6,10H,2,7-9,15H2,1H3. The molecular weight excluding hydrogens is 228 g/mol. The van der Waals surface area contributed by atoms with Gasteiger partial charge < -0.3 is 15.0 Å². The normalized spacial score (nSPS) is 10.6. The van der Waals surface area contributed by atoms with Gasteiger partial charge in [0.25, 0.3) is 0 Å². The van der Waals surface area contributed by atoms with Crippen molar-refractivity contribution in [1.29, 1.82) is 0 Å². The lowest BCUT2D eigenvalue weighted by atomic mass is 10.1. The van der Waals surface area contributed by atoms with E-state index >= 15 is 0 Å². The van der Waals surface area contributed by atoms with Crippen LogP contribution in [-0.2, 0) is 6.42 Å². The van der Waals surface area contributed by atoms with Crippen molar-refractivity contribution in [3.05, 3.63) is 36.0 Å². The van der Waals surface area contributed by atoms with E-state index in [0.29, 0.717) is 6.54 Å². The van der Waals surface area contributed by atoms with Crippen LogP contribution in [-0.4, -0.2) is 18.3 Å². The molecular formula is C14H18N2O2. The summed E-state index contributed by atoms with van der Waals surface area (Å²) in [7, 11) is 0. The summed E-state index contributed by atoms with van der Waals surface area (Å²) in [5.74, 6) is 1.64. The SMILES string of the molecule is CCCOc1ccc(-c2cc(CCN)no2)cc1. The second-order valence-electron chi connectivity index (χ2n) is 4.09. The van der Waals surface area contributed by atoms with Gasteiger partial charge in [-0.15, -0.1) is 0 Å². The van der Waals surface area contributed by atoms with E-state index in [9.17, 15) is 0 Å². The summed E-state index contributed by atoms with van der Waals surface area (Å²) >= 11 is 0. The molecule has 0 bridgehead atoms. The number of aromatic nitrogens is 1. The van der Waals surface area contributed by atoms with Crippen molar-refractivity contribution in [3.63, 3.8) is 0 Å². The van der Waals surface area contributed by atoms with Crippen molar-refractivity contribution < 1.29 is 9.26 Å². The molecule has 1 heterocycles. The molecule has 1 aromatic carbocycles. The van der Waals surface area contributed by atoms with E-state index in [-0.39, 0.29) is 0 Å². The molecule has 4 heteroatoms. The first kappa shape index (κ1) is 12.6. The van der Waals surface area contributed by atoms with Crippen LogP contribution in [0.15, 0.2) is 34.9 Å². The molecule has 0 aliphatic rings. The van der Waals surface area contributed by atoms with Gasteiger partial charge in [-0.1, -0.05) is 12.1 Å². The second kappa shape index (κ2) is 6.21. The molecule has 0 radical (unpaired) electrons. The molecule has 2 rings (SSSR count). The summed E-state index contributed by atoms with van der Waals surface area (Å²) < 4.78 is 10.8. The van der Waals surface area contributed by atoms with Gasteiger partial charge in [-0.2, -0.15) is 0 Å². The third-order valence-electron chi connectivity index (χ3n) is 2.57. The van der Waals surface area contributed by atoms with Crippen LogP contribution in [0.1, 0.15) is 19.0 Å². The fraction of sp³-hybridized carbons (Fsp3) is 0.357. The minimum absolute atomic E-state index is 0.579. The number of ether oxygens (including phenoxy) is 1. The van der Waals surface area contributed by atoms with Crippen LogP contribution in [0.2, 0.25) is 0 Å². The van der Waals surface area contributed by atoms with E-state index in [1.807, 2.05) is 30.3 Å². The molecule has 1 aromatic heterocycles. The van der Waals surface area contributed by atoms with Gasteiger partial charge in [0.1, 0.15) is 5.75 Å². The predicted molar refractivity (Wildman–Crippen MR) is 70.5 cm³/mol. The summed E-state index contributed by atoms with van der Waals surface area (Å²) in [6, 6.07) is 9.75. The third kappa shape index (κ3) is 3.11. The maximum Gasteiger partial charge on any atom is 0.167 e. The average Bonchev–Trinajstić information content (AvgIpc) is 2.86. The minimum Gasteiger partial charge on any atom is -0.494 e. The summed E-state index contributed by atoms with van der Waals surface area (Å²) in [4.78, 5) is 0. The summed E-state index contributed by atoms with van der Waals surface area (Å²) in [6.45, 7) is 3.40. The molecule has 0 aliphatic carbocycles. The van der Waals surface area contributed by atoms with E-state index in [4.69, 9.17) is 15.0 Å². The van der Waals surface area contributed by atoms with Crippen molar-refractivity contribution in [1.82, 2.24) is 5.16 Å². The Morgan fingerprint density at radius 2 is 2.06 bits per heavy atom. The maximum absolute atomic E-state index is 5.53. The Morgan fingerprint density at radius 1 is 1.28 bits per heavy atom. The Bertz CT molecular complexity index is 477. The lowest BCUT2D eigenvalue weighted by Crippen LogP contribution is -2.02. The maximum atomic E-state index is 5.53. The quantitative estimate of drug-likeness (QED) is 0.851. The van der Waals surface area contributed by atoms with Gasteiger partial charge >= 0.3 is 0 Å². The van der Waals surface area contributed by atoms with Crippen molar-refractivity contribution >= 4 is 0 Å². The molecule has 0 atom stereocenters. The lowest BCUT2D eigenvalue weighted by Gasteiger charge is -2.04. The first-order chi connectivity index (χ1) is 8.83. The molecule has 4 nitrogen and oxygen atoms in total. The van der Waals surface area contributed by atoms with Crippen LogP contribution in [0, 0.1) is 0 Å². The Morgan fingerprint density at radius 3 is 2.72 bits per heavy atom. The number of nitrogens with zero attached hydrogens (tertiary/aromatic N) is 1. The minimum atomic E-state index is 0.579. The molecule has 96 valence electrons. The molecule has 2 aromatic rings. The molecule has 0 saturated heterocycles. The van der Waals surface area contributed by atoms with E-state index in [0.717, 1.165) is 42.2 Å². The molecule has 18 heavy (non-hydrogen) atoms. The Kier molecular flexibility index (Phi) is 4.36. The van der Waals surface area contributed by atoms with Crippen molar-refractivity contribution in [3.8, 4) is 17.1 Å². The highest BCUT2D eigenvalue weighted by molar-refractivity contribution is 5.58. The van der Waals surface area contributed by atoms with E-state index < -0.39 is 0 Å². The van der Waals surface area contributed by atoms with Gasteiger partial charge in [0.05, 0.1) is 12.3 Å². The van der Waals surface area contributed by atoms with Crippen LogP contribution in [0.5, 0.6) is 5.75 Å². The van der Waals surface area contributed by atoms with Gasteiger partial charge in [-0.3, -0.25) is 0 Å². The second-order valence-corrected chi connectivity index (χ2v) is 4.09. The predicted octanol–water partition coefficient (Wildman–Crippen LogP) is 2.63. The highest BCUT2D eigenvalue weighted by Crippen LogP contribution is 2.23. The van der Waals surface area contributed by atoms with Crippen LogP contribution in [0.4, 0.5) is 0 Å². The summed E-state index contributed by atoms with van der Waals surface area (Å²) in [5.41, 5.74) is 7.36. The number of hydrogen-bond acceptors (Lipinski definition) is 4. The first-order valence-electron chi connectivity index (χ1n) is 6.22. The van der Waals surface area contributed by atoms with Crippen LogP contribution in [0.3, 0.4) is 0 Å². The zero-order valence-electron chi connectivity index (χ0n) is 10.6. The number of rotatable bonds is 6. The van der Waals surface area contributed by atoms with Gasteiger partial charge in [-0.25, -0.2) is 0 Å². The Hall–Kier alpha value is -1.81. The number of nitrogens with two attached hydrogens (primary N) is 1. The molecule has 0 unspecified atom stereocenters. The zero-order chi connectivity index (χ0) is 12.8. The van der Waals surface area contributed by atoms with Crippen molar-refractivity contribution in [2.75, 3.05) is 13.2 Å². The molecule has 0 amide bonds. The number of hydrogen-bond donors (Lipinski definition) is 1. The molecule has 0 spiro atoms. The molecule has 0 fully saturated rings. The van der Waals surface area contributed by atoms with Gasteiger partial charge in [0, 0.05) is 18.1 Å². The molecule has 0 aliphatic heterocycles. The number of benzene rings is 1. The smallest absolute Gasteiger partial charge is 0.167 e.